The molecule has 1 atom stereocenters. The van der Waals surface area contributed by atoms with E-state index in [0.717, 1.165) is 5.56 Å². The second kappa shape index (κ2) is 8.24. The van der Waals surface area contributed by atoms with Crippen molar-refractivity contribution in [2.24, 2.45) is 0 Å². The Hall–Kier alpha value is -2.69. The summed E-state index contributed by atoms with van der Waals surface area (Å²) in [5, 5.41) is 2.78. The van der Waals surface area contributed by atoms with Gasteiger partial charge >= 0.3 is 0 Å². The molecule has 0 aliphatic carbocycles. The zero-order chi connectivity index (χ0) is 17.5. The lowest BCUT2D eigenvalue weighted by atomic mass is 10.1. The molecule has 2 aromatic carbocycles. The van der Waals surface area contributed by atoms with Crippen LogP contribution in [-0.4, -0.2) is 24.3 Å². The number of hydrogen-bond donors (Lipinski definition) is 1. The monoisotopic (exact) mass is 329 g/mol. The number of ether oxygens (including phenoxy) is 1. The molecule has 0 radical (unpaired) electrons. The van der Waals surface area contributed by atoms with E-state index in [-0.39, 0.29) is 17.5 Å². The van der Waals surface area contributed by atoms with Crippen molar-refractivity contribution in [3.63, 3.8) is 0 Å². The first-order chi connectivity index (χ1) is 11.5. The first-order valence-electron chi connectivity index (χ1n) is 7.75. The van der Waals surface area contributed by atoms with Crippen LogP contribution in [0.1, 0.15) is 29.8 Å². The fourth-order valence-electron chi connectivity index (χ4n) is 2.15. The van der Waals surface area contributed by atoms with E-state index in [9.17, 15) is 14.0 Å². The van der Waals surface area contributed by atoms with Crippen molar-refractivity contribution in [2.45, 2.75) is 26.4 Å². The van der Waals surface area contributed by atoms with Gasteiger partial charge in [-0.25, -0.2) is 4.39 Å². The maximum atomic E-state index is 12.8. The normalized spacial score (nSPS) is 11.6. The van der Waals surface area contributed by atoms with Gasteiger partial charge in [-0.1, -0.05) is 12.1 Å². The first kappa shape index (κ1) is 17.7. The zero-order valence-corrected chi connectivity index (χ0v) is 13.7. The minimum absolute atomic E-state index is 0.0202. The van der Waals surface area contributed by atoms with Crippen molar-refractivity contribution < 1.29 is 18.7 Å². The fourth-order valence-corrected chi connectivity index (χ4v) is 2.15. The van der Waals surface area contributed by atoms with E-state index in [0.29, 0.717) is 24.3 Å². The zero-order valence-electron chi connectivity index (χ0n) is 13.7. The topological polar surface area (TPSA) is 55.4 Å². The number of amides is 1. The van der Waals surface area contributed by atoms with Crippen LogP contribution < -0.4 is 10.1 Å². The predicted octanol–water partition coefficient (Wildman–Crippen LogP) is 3.15. The van der Waals surface area contributed by atoms with Crippen molar-refractivity contribution in [3.05, 3.63) is 65.5 Å². The van der Waals surface area contributed by atoms with Gasteiger partial charge in [-0.15, -0.1) is 0 Å². The van der Waals surface area contributed by atoms with E-state index in [1.54, 1.807) is 43.3 Å². The molecule has 126 valence electrons. The third-order valence-corrected chi connectivity index (χ3v) is 3.57. The quantitative estimate of drug-likeness (QED) is 0.794. The third kappa shape index (κ3) is 5.19. The van der Waals surface area contributed by atoms with E-state index >= 15 is 0 Å². The molecule has 24 heavy (non-hydrogen) atoms. The van der Waals surface area contributed by atoms with Gasteiger partial charge in [0.15, 0.2) is 11.9 Å². The lowest BCUT2D eigenvalue weighted by molar-refractivity contribution is -0.127. The average Bonchev–Trinajstić information content (AvgIpc) is 2.57. The number of rotatable bonds is 7. The third-order valence-electron chi connectivity index (χ3n) is 3.57. The van der Waals surface area contributed by atoms with Gasteiger partial charge in [-0.3, -0.25) is 9.59 Å². The summed E-state index contributed by atoms with van der Waals surface area (Å²) in [4.78, 5) is 23.2. The number of benzene rings is 2. The smallest absolute Gasteiger partial charge is 0.260 e. The van der Waals surface area contributed by atoms with Gasteiger partial charge in [0.1, 0.15) is 11.6 Å². The highest BCUT2D eigenvalue weighted by atomic mass is 19.1. The molecular formula is C19H20FNO3. The molecule has 1 unspecified atom stereocenters. The van der Waals surface area contributed by atoms with Crippen LogP contribution in [0.5, 0.6) is 5.75 Å². The summed E-state index contributed by atoms with van der Waals surface area (Å²) in [5.41, 5.74) is 1.55. The number of ketones is 1. The van der Waals surface area contributed by atoms with Crippen LogP contribution in [0, 0.1) is 5.82 Å². The van der Waals surface area contributed by atoms with E-state index in [1.807, 2.05) is 0 Å². The standard InChI is InChI=1S/C19H20FNO3/c1-13(22)16-5-9-18(10-6-16)24-14(2)19(23)21-12-11-15-3-7-17(20)8-4-15/h3-10,14H,11-12H2,1-2H3,(H,21,23). The number of carbonyl (C=O) groups excluding carboxylic acids is 2. The molecule has 0 saturated heterocycles. The molecule has 1 amide bonds. The Bertz CT molecular complexity index is 696. The molecule has 0 fully saturated rings. The molecule has 0 saturated carbocycles. The maximum absolute atomic E-state index is 12.8. The van der Waals surface area contributed by atoms with E-state index < -0.39 is 6.10 Å². The highest BCUT2D eigenvalue weighted by Gasteiger charge is 2.14. The molecule has 0 aliphatic rings. The van der Waals surface area contributed by atoms with Gasteiger partial charge in [0.2, 0.25) is 0 Å². The summed E-state index contributed by atoms with van der Waals surface area (Å²) >= 11 is 0. The van der Waals surface area contributed by atoms with Crippen molar-refractivity contribution in [2.75, 3.05) is 6.54 Å². The number of halogens is 1. The van der Waals surface area contributed by atoms with Crippen molar-refractivity contribution in [3.8, 4) is 5.75 Å². The number of Topliss-reactive ketones (excluding diaryl/α,β-unsaturated/α-hetero) is 1. The molecule has 0 bridgehead atoms. The van der Waals surface area contributed by atoms with E-state index in [4.69, 9.17) is 4.74 Å². The molecule has 0 spiro atoms. The van der Waals surface area contributed by atoms with Crippen molar-refractivity contribution in [1.29, 1.82) is 0 Å². The van der Waals surface area contributed by atoms with Crippen molar-refractivity contribution in [1.82, 2.24) is 5.32 Å². The minimum atomic E-state index is -0.651. The molecule has 2 aromatic rings. The van der Waals surface area contributed by atoms with Gasteiger partial charge < -0.3 is 10.1 Å². The molecule has 5 heteroatoms. The second-order valence-electron chi connectivity index (χ2n) is 5.51. The molecule has 2 rings (SSSR count). The lowest BCUT2D eigenvalue weighted by Gasteiger charge is -2.15. The van der Waals surface area contributed by atoms with E-state index in [2.05, 4.69) is 5.32 Å². The molecule has 0 aromatic heterocycles. The van der Waals surface area contributed by atoms with Gasteiger partial charge in [0.25, 0.3) is 5.91 Å². The molecule has 1 N–H and O–H groups in total. The SMILES string of the molecule is CC(=O)c1ccc(OC(C)C(=O)NCCc2ccc(F)cc2)cc1. The Morgan fingerprint density at radius 1 is 1.08 bits per heavy atom. The summed E-state index contributed by atoms with van der Waals surface area (Å²) in [5.74, 6) is 0.00248. The second-order valence-corrected chi connectivity index (χ2v) is 5.51. The fraction of sp³-hybridized carbons (Fsp3) is 0.263. The van der Waals surface area contributed by atoms with Gasteiger partial charge in [-0.05, 0) is 62.2 Å². The van der Waals surface area contributed by atoms with Gasteiger partial charge in [0, 0.05) is 12.1 Å². The average molecular weight is 329 g/mol. The van der Waals surface area contributed by atoms with Crippen LogP contribution in [0.25, 0.3) is 0 Å². The Kier molecular flexibility index (Phi) is 6.07. The van der Waals surface area contributed by atoms with Crippen molar-refractivity contribution >= 4 is 11.7 Å². The summed E-state index contributed by atoms with van der Waals surface area (Å²) < 4.78 is 18.4. The molecule has 4 nitrogen and oxygen atoms in total. The van der Waals surface area contributed by atoms with Gasteiger partial charge in [-0.2, -0.15) is 0 Å². The minimum Gasteiger partial charge on any atom is -0.481 e. The van der Waals surface area contributed by atoms with Crippen LogP contribution in [-0.2, 0) is 11.2 Å². The summed E-state index contributed by atoms with van der Waals surface area (Å²) in [7, 11) is 0. The highest BCUT2D eigenvalue weighted by Crippen LogP contribution is 2.14. The largest absolute Gasteiger partial charge is 0.481 e. The Labute approximate surface area is 140 Å². The highest BCUT2D eigenvalue weighted by molar-refractivity contribution is 5.94. The number of carbonyl (C=O) groups is 2. The Morgan fingerprint density at radius 3 is 2.29 bits per heavy atom. The van der Waals surface area contributed by atoms with Crippen LogP contribution in [0.4, 0.5) is 4.39 Å². The van der Waals surface area contributed by atoms with Crippen LogP contribution in [0.2, 0.25) is 0 Å². The summed E-state index contributed by atoms with van der Waals surface area (Å²) in [6, 6.07) is 12.8. The van der Waals surface area contributed by atoms with Gasteiger partial charge in [0.05, 0.1) is 0 Å². The molecule has 0 heterocycles. The van der Waals surface area contributed by atoms with E-state index in [1.165, 1.54) is 19.1 Å². The molecular weight excluding hydrogens is 309 g/mol. The van der Waals surface area contributed by atoms with Crippen LogP contribution in [0.15, 0.2) is 48.5 Å². The predicted molar refractivity (Wildman–Crippen MR) is 89.7 cm³/mol. The Morgan fingerprint density at radius 2 is 1.71 bits per heavy atom. The maximum Gasteiger partial charge on any atom is 0.260 e. The summed E-state index contributed by atoms with van der Waals surface area (Å²) in [6.07, 6.45) is -0.0344. The lowest BCUT2D eigenvalue weighted by Crippen LogP contribution is -2.37. The number of hydrogen-bond acceptors (Lipinski definition) is 3. The summed E-state index contributed by atoms with van der Waals surface area (Å²) in [6.45, 7) is 3.60. The number of nitrogens with one attached hydrogen (secondary N) is 1. The first-order valence-corrected chi connectivity index (χ1v) is 7.75. The Balaban J connectivity index is 1.79. The molecule has 0 aliphatic heterocycles. The van der Waals surface area contributed by atoms with Crippen LogP contribution in [0.3, 0.4) is 0 Å². The van der Waals surface area contributed by atoms with Crippen LogP contribution >= 0.6 is 0 Å².